The van der Waals surface area contributed by atoms with Gasteiger partial charge in [-0.3, -0.25) is 0 Å². The van der Waals surface area contributed by atoms with Crippen LogP contribution in [0.5, 0.6) is 0 Å². The van der Waals surface area contributed by atoms with E-state index in [4.69, 9.17) is 0 Å². The van der Waals surface area contributed by atoms with Crippen molar-refractivity contribution < 1.29 is 0 Å². The topological polar surface area (TPSA) is 0 Å². The average molecular weight is 297 g/mol. The Morgan fingerprint density at radius 3 is 2.35 bits per heavy atom. The van der Waals surface area contributed by atoms with Crippen molar-refractivity contribution in [2.75, 3.05) is 0 Å². The third-order valence-corrected chi connectivity index (χ3v) is 4.70. The Morgan fingerprint density at radius 1 is 0.826 bits per heavy atom. The summed E-state index contributed by atoms with van der Waals surface area (Å²) in [7, 11) is 2.25. The van der Waals surface area contributed by atoms with Crippen molar-refractivity contribution in [3.63, 3.8) is 0 Å². The number of benzene rings is 2. The zero-order valence-electron chi connectivity index (χ0n) is 14.6. The van der Waals surface area contributed by atoms with Crippen LogP contribution in [0.4, 0.5) is 0 Å². The number of aryl methyl sites for hydroxylation is 4. The van der Waals surface area contributed by atoms with Crippen LogP contribution in [0.25, 0.3) is 11.1 Å². The summed E-state index contributed by atoms with van der Waals surface area (Å²) in [6.07, 6.45) is 4.53. The van der Waals surface area contributed by atoms with Gasteiger partial charge in [-0.1, -0.05) is 0 Å². The summed E-state index contributed by atoms with van der Waals surface area (Å²) in [5, 5.41) is 0. The van der Waals surface area contributed by atoms with E-state index in [-0.39, 0.29) is 0 Å². The first-order valence-electron chi connectivity index (χ1n) is 8.42. The van der Waals surface area contributed by atoms with E-state index in [1.54, 1.807) is 0 Å². The van der Waals surface area contributed by atoms with Crippen LogP contribution >= 0.6 is 0 Å². The third-order valence-electron chi connectivity index (χ3n) is 4.70. The molecule has 0 amide bonds. The normalized spacial score (nSPS) is 13.2. The van der Waals surface area contributed by atoms with Crippen molar-refractivity contribution in [2.45, 2.75) is 40.5 Å². The zero-order chi connectivity index (χ0) is 16.4. The molecule has 0 unspecified atom stereocenters. The predicted octanol–water partition coefficient (Wildman–Crippen LogP) is 4.62. The van der Waals surface area contributed by atoms with Crippen LogP contribution in [0, 0.1) is 20.8 Å². The van der Waals surface area contributed by atoms with Gasteiger partial charge < -0.3 is 0 Å². The van der Waals surface area contributed by atoms with Gasteiger partial charge in [0.25, 0.3) is 0 Å². The van der Waals surface area contributed by atoms with Gasteiger partial charge in [-0.2, -0.15) is 0 Å². The van der Waals surface area contributed by atoms with Crippen LogP contribution < -0.4 is 0 Å². The molecule has 0 aliphatic carbocycles. The van der Waals surface area contributed by atoms with Crippen molar-refractivity contribution >= 4 is 19.4 Å². The van der Waals surface area contributed by atoms with E-state index in [0.717, 1.165) is 12.8 Å². The van der Waals surface area contributed by atoms with Crippen LogP contribution in [-0.2, 0) is 6.42 Å². The second kappa shape index (κ2) is 6.74. The molecule has 0 atom stereocenters. The quantitative estimate of drug-likeness (QED) is 0.722. The maximum absolute atomic E-state index is 2.34. The summed E-state index contributed by atoms with van der Waals surface area (Å²) in [5.41, 5.74) is 11.0. The van der Waals surface area contributed by atoms with Crippen LogP contribution in [-0.4, -0.2) is 19.4 Å². The van der Waals surface area contributed by atoms with E-state index in [2.05, 4.69) is 84.2 Å². The monoisotopic (exact) mass is 297 g/mol. The summed E-state index contributed by atoms with van der Waals surface area (Å²) in [6.45, 7) is 10.9. The third kappa shape index (κ3) is 3.75. The van der Waals surface area contributed by atoms with Crippen LogP contribution in [0.3, 0.4) is 0 Å². The van der Waals surface area contributed by atoms with Crippen molar-refractivity contribution in [1.29, 1.82) is 0 Å². The van der Waals surface area contributed by atoms with E-state index in [0.29, 0.717) is 0 Å². The Hall–Kier alpha value is -1.82. The van der Waals surface area contributed by atoms with Crippen molar-refractivity contribution in [3.05, 3.63) is 70.2 Å². The van der Waals surface area contributed by atoms with Gasteiger partial charge in [0, 0.05) is 0 Å². The summed E-state index contributed by atoms with van der Waals surface area (Å²) < 4.78 is 0. The Labute approximate surface area is 141 Å². The number of allylic oxidation sites excluding steroid dienone is 2. The number of rotatable bonds is 4. The molecule has 0 saturated carbocycles. The molecule has 0 fully saturated rings. The zero-order valence-corrected chi connectivity index (χ0v) is 14.6. The molecule has 1 heterocycles. The number of hydrogen-bond donors (Lipinski definition) is 0. The molecular weight excluding hydrogens is 274 g/mol. The Kier molecular flexibility index (Phi) is 4.71. The van der Waals surface area contributed by atoms with E-state index < -0.39 is 0 Å². The summed E-state index contributed by atoms with van der Waals surface area (Å²) >= 11 is 0. The maximum atomic E-state index is 2.34. The first kappa shape index (κ1) is 16.1. The molecule has 2 heteroatoms. The van der Waals surface area contributed by atoms with Crippen LogP contribution in [0.15, 0.2) is 47.9 Å². The Balaban J connectivity index is 1.78. The van der Waals surface area contributed by atoms with Gasteiger partial charge in [0.15, 0.2) is 0 Å². The molecule has 1 aliphatic rings. The molecule has 1 aliphatic heterocycles. The standard InChI is InChI=1S/C21H23B2/c1-14-5-6-15(2)21(11-14)19-8-7-18(16(3)12-19)9-10-20-13-17(4)22-23-20/h5-8,11-13H,9-10H2,1-4H3. The van der Waals surface area contributed by atoms with Gasteiger partial charge in [0.1, 0.15) is 0 Å². The Morgan fingerprint density at radius 2 is 1.65 bits per heavy atom. The van der Waals surface area contributed by atoms with E-state index in [1.165, 1.54) is 44.3 Å². The second-order valence-electron chi connectivity index (χ2n) is 6.76. The molecule has 3 rings (SSSR count). The molecule has 2 aromatic rings. The molecule has 23 heavy (non-hydrogen) atoms. The molecular formula is C21H23B2. The Bertz CT molecular complexity index is 797. The van der Waals surface area contributed by atoms with Gasteiger partial charge in [-0.15, -0.1) is 0 Å². The van der Waals surface area contributed by atoms with Gasteiger partial charge in [-0.25, -0.2) is 0 Å². The second-order valence-corrected chi connectivity index (χ2v) is 6.76. The van der Waals surface area contributed by atoms with Gasteiger partial charge >= 0.3 is 141 Å². The fourth-order valence-corrected chi connectivity index (χ4v) is 3.25. The first-order valence-corrected chi connectivity index (χ1v) is 8.42. The summed E-state index contributed by atoms with van der Waals surface area (Å²) in [6, 6.07) is 13.6. The van der Waals surface area contributed by atoms with Crippen molar-refractivity contribution in [2.24, 2.45) is 0 Å². The SMILES string of the molecule is CC1=B[B]C(CCc2ccc(-c3cc(C)ccc3C)cc2C)=C1. The van der Waals surface area contributed by atoms with Gasteiger partial charge in [-0.05, 0) is 0 Å². The molecule has 1 radical (unpaired) electrons. The minimum absolute atomic E-state index is 1.11. The molecule has 0 spiro atoms. The van der Waals surface area contributed by atoms with Crippen LogP contribution in [0.1, 0.15) is 35.6 Å². The summed E-state index contributed by atoms with van der Waals surface area (Å²) in [5.74, 6) is 0. The fraction of sp³-hybridized carbons (Fsp3) is 0.286. The molecule has 2 aromatic carbocycles. The number of hydrogen-bond acceptors (Lipinski definition) is 0. The minimum atomic E-state index is 1.11. The average Bonchev–Trinajstić information content (AvgIpc) is 2.94. The fourth-order valence-electron chi connectivity index (χ4n) is 3.25. The van der Waals surface area contributed by atoms with E-state index >= 15 is 0 Å². The van der Waals surface area contributed by atoms with Crippen molar-refractivity contribution in [3.8, 4) is 11.1 Å². The van der Waals surface area contributed by atoms with E-state index in [1.807, 2.05) is 0 Å². The first-order chi connectivity index (χ1) is 11.0. The molecule has 0 N–H and O–H groups in total. The van der Waals surface area contributed by atoms with E-state index in [9.17, 15) is 0 Å². The van der Waals surface area contributed by atoms with Gasteiger partial charge in [0.05, 0.1) is 0 Å². The molecule has 0 saturated heterocycles. The molecule has 113 valence electrons. The summed E-state index contributed by atoms with van der Waals surface area (Å²) in [4.78, 5) is 0. The molecule has 0 nitrogen and oxygen atoms in total. The molecule has 0 bridgehead atoms. The van der Waals surface area contributed by atoms with Gasteiger partial charge in [0.2, 0.25) is 0 Å². The molecule has 0 aromatic heterocycles. The van der Waals surface area contributed by atoms with Crippen molar-refractivity contribution in [1.82, 2.24) is 0 Å². The van der Waals surface area contributed by atoms with Crippen LogP contribution in [0.2, 0.25) is 0 Å². The predicted molar refractivity (Wildman–Crippen MR) is 105 cm³/mol.